The maximum Gasteiger partial charge on any atom is 0.225 e. The molecule has 2 saturated heterocycles. The Balaban J connectivity index is 1.68. The average molecular weight is 180 g/mol. The normalized spacial score (nSPS) is 38.0. The Morgan fingerprint density at radius 2 is 2.15 bits per heavy atom. The van der Waals surface area contributed by atoms with E-state index in [9.17, 15) is 4.79 Å². The van der Waals surface area contributed by atoms with Gasteiger partial charge in [0.1, 0.15) is 0 Å². The Morgan fingerprint density at radius 3 is 2.85 bits per heavy atom. The highest BCUT2D eigenvalue weighted by molar-refractivity contribution is 5.81. The number of hydrogen-bond acceptors (Lipinski definition) is 2. The lowest BCUT2D eigenvalue weighted by atomic mass is 10.00. The summed E-state index contributed by atoms with van der Waals surface area (Å²) in [5.74, 6) is 1.57. The van der Waals surface area contributed by atoms with E-state index in [1.807, 2.05) is 0 Å². The summed E-state index contributed by atoms with van der Waals surface area (Å²) in [4.78, 5) is 13.9. The predicted octanol–water partition coefficient (Wildman–Crippen LogP) is 0.217. The number of carbonyl (C=O) groups is 1. The van der Waals surface area contributed by atoms with Crippen LogP contribution < -0.4 is 5.32 Å². The van der Waals surface area contributed by atoms with Gasteiger partial charge in [-0.1, -0.05) is 0 Å². The van der Waals surface area contributed by atoms with E-state index in [0.717, 1.165) is 38.4 Å². The SMILES string of the molecule is O=C(C1CC1)N1C[C@@H]2CN[C@@H](C2)C1. The summed E-state index contributed by atoms with van der Waals surface area (Å²) >= 11 is 0. The highest BCUT2D eigenvalue weighted by atomic mass is 16.2. The minimum Gasteiger partial charge on any atom is -0.341 e. The largest absolute Gasteiger partial charge is 0.341 e. The van der Waals surface area contributed by atoms with Gasteiger partial charge in [-0.15, -0.1) is 0 Å². The number of piperidine rings is 1. The van der Waals surface area contributed by atoms with E-state index in [-0.39, 0.29) is 0 Å². The van der Waals surface area contributed by atoms with Crippen LogP contribution in [-0.4, -0.2) is 36.5 Å². The lowest BCUT2D eigenvalue weighted by molar-refractivity contribution is -0.134. The Kier molecular flexibility index (Phi) is 1.62. The second-order valence-electron chi connectivity index (χ2n) is 4.72. The number of hydrogen-bond donors (Lipinski definition) is 1. The zero-order chi connectivity index (χ0) is 8.84. The van der Waals surface area contributed by atoms with Gasteiger partial charge in [-0.05, 0) is 25.2 Å². The third-order valence-electron chi connectivity index (χ3n) is 3.47. The van der Waals surface area contributed by atoms with Crippen LogP contribution in [0.2, 0.25) is 0 Å². The Morgan fingerprint density at radius 1 is 1.31 bits per heavy atom. The number of amides is 1. The van der Waals surface area contributed by atoms with Crippen LogP contribution in [0.5, 0.6) is 0 Å². The van der Waals surface area contributed by atoms with E-state index < -0.39 is 0 Å². The van der Waals surface area contributed by atoms with E-state index in [4.69, 9.17) is 0 Å². The topological polar surface area (TPSA) is 32.3 Å². The number of rotatable bonds is 1. The van der Waals surface area contributed by atoms with Crippen molar-refractivity contribution in [3.8, 4) is 0 Å². The van der Waals surface area contributed by atoms with Crippen LogP contribution in [0.4, 0.5) is 0 Å². The Labute approximate surface area is 78.5 Å². The minimum absolute atomic E-state index is 0.400. The first-order valence-electron chi connectivity index (χ1n) is 5.35. The van der Waals surface area contributed by atoms with Gasteiger partial charge in [0.25, 0.3) is 0 Å². The number of likely N-dealkylation sites (tertiary alicyclic amines) is 1. The second-order valence-corrected chi connectivity index (χ2v) is 4.72. The van der Waals surface area contributed by atoms with Crippen molar-refractivity contribution in [3.05, 3.63) is 0 Å². The van der Waals surface area contributed by atoms with Gasteiger partial charge >= 0.3 is 0 Å². The van der Waals surface area contributed by atoms with Crippen LogP contribution in [0.1, 0.15) is 19.3 Å². The van der Waals surface area contributed by atoms with Gasteiger partial charge in [0.2, 0.25) is 5.91 Å². The molecule has 3 fully saturated rings. The summed E-state index contributed by atoms with van der Waals surface area (Å²) < 4.78 is 0. The highest BCUT2D eigenvalue weighted by Gasteiger charge is 2.39. The van der Waals surface area contributed by atoms with Crippen LogP contribution >= 0.6 is 0 Å². The summed E-state index contributed by atoms with van der Waals surface area (Å²) in [5.41, 5.74) is 0. The molecule has 2 atom stereocenters. The van der Waals surface area contributed by atoms with Crippen molar-refractivity contribution in [3.63, 3.8) is 0 Å². The van der Waals surface area contributed by atoms with Gasteiger partial charge in [-0.2, -0.15) is 0 Å². The lowest BCUT2D eigenvalue weighted by Gasteiger charge is -2.31. The van der Waals surface area contributed by atoms with Gasteiger partial charge < -0.3 is 10.2 Å². The summed E-state index contributed by atoms with van der Waals surface area (Å²) in [6, 6.07) is 0.599. The molecule has 0 unspecified atom stereocenters. The van der Waals surface area contributed by atoms with Crippen LogP contribution in [0.25, 0.3) is 0 Å². The summed E-state index contributed by atoms with van der Waals surface area (Å²) in [6.45, 7) is 3.10. The second kappa shape index (κ2) is 2.71. The summed E-state index contributed by atoms with van der Waals surface area (Å²) in [6.07, 6.45) is 3.56. The molecule has 3 rings (SSSR count). The van der Waals surface area contributed by atoms with Crippen molar-refractivity contribution in [2.75, 3.05) is 19.6 Å². The molecule has 0 radical (unpaired) electrons. The number of nitrogens with one attached hydrogen (secondary N) is 1. The molecule has 2 bridgehead atoms. The molecule has 0 spiro atoms. The number of nitrogens with zero attached hydrogens (tertiary/aromatic N) is 1. The average Bonchev–Trinajstić information content (AvgIpc) is 2.92. The van der Waals surface area contributed by atoms with Crippen molar-refractivity contribution >= 4 is 5.91 Å². The zero-order valence-electron chi connectivity index (χ0n) is 7.83. The smallest absolute Gasteiger partial charge is 0.225 e. The minimum atomic E-state index is 0.400. The Bertz CT molecular complexity index is 225. The van der Waals surface area contributed by atoms with E-state index in [1.165, 1.54) is 6.42 Å². The van der Waals surface area contributed by atoms with Crippen molar-refractivity contribution < 1.29 is 4.79 Å². The van der Waals surface area contributed by atoms with Gasteiger partial charge in [0.05, 0.1) is 0 Å². The van der Waals surface area contributed by atoms with E-state index in [2.05, 4.69) is 10.2 Å². The standard InChI is InChI=1S/C10H16N2O/c13-10(8-1-2-8)12-5-7-3-9(6-12)11-4-7/h7-9,11H,1-6H2/t7-,9-/m0/s1. The summed E-state index contributed by atoms with van der Waals surface area (Å²) in [7, 11) is 0. The van der Waals surface area contributed by atoms with E-state index in [0.29, 0.717) is 17.9 Å². The first kappa shape index (κ1) is 7.80. The number of carbonyl (C=O) groups excluding carboxylic acids is 1. The molecule has 2 aliphatic heterocycles. The molecular formula is C10H16N2O. The molecular weight excluding hydrogens is 164 g/mol. The third kappa shape index (κ3) is 1.35. The van der Waals surface area contributed by atoms with Crippen LogP contribution in [0.3, 0.4) is 0 Å². The van der Waals surface area contributed by atoms with Crippen molar-refractivity contribution in [1.29, 1.82) is 0 Å². The molecule has 13 heavy (non-hydrogen) atoms. The molecule has 3 heteroatoms. The fourth-order valence-corrected chi connectivity index (χ4v) is 2.60. The molecule has 1 saturated carbocycles. The van der Waals surface area contributed by atoms with E-state index in [1.54, 1.807) is 0 Å². The van der Waals surface area contributed by atoms with Crippen molar-refractivity contribution in [2.24, 2.45) is 11.8 Å². The van der Waals surface area contributed by atoms with Crippen LogP contribution in [-0.2, 0) is 4.79 Å². The molecule has 2 heterocycles. The lowest BCUT2D eigenvalue weighted by Crippen LogP contribution is -2.45. The maximum atomic E-state index is 11.8. The van der Waals surface area contributed by atoms with Crippen molar-refractivity contribution in [2.45, 2.75) is 25.3 Å². The first-order chi connectivity index (χ1) is 6.33. The third-order valence-corrected chi connectivity index (χ3v) is 3.47. The molecule has 1 amide bonds. The first-order valence-corrected chi connectivity index (χ1v) is 5.35. The maximum absolute atomic E-state index is 11.8. The molecule has 1 N–H and O–H groups in total. The number of fused-ring (bicyclic) bond motifs is 2. The Hall–Kier alpha value is -0.570. The van der Waals surface area contributed by atoms with Gasteiger partial charge in [-0.3, -0.25) is 4.79 Å². The molecule has 3 aliphatic rings. The van der Waals surface area contributed by atoms with Crippen molar-refractivity contribution in [1.82, 2.24) is 10.2 Å². The summed E-state index contributed by atoms with van der Waals surface area (Å²) in [5, 5.41) is 3.47. The van der Waals surface area contributed by atoms with Gasteiger partial charge in [0, 0.05) is 31.6 Å². The molecule has 1 aliphatic carbocycles. The molecule has 0 aromatic heterocycles. The predicted molar refractivity (Wildman–Crippen MR) is 49.2 cm³/mol. The molecule has 3 nitrogen and oxygen atoms in total. The van der Waals surface area contributed by atoms with Crippen LogP contribution in [0, 0.1) is 11.8 Å². The molecule has 72 valence electrons. The fraction of sp³-hybridized carbons (Fsp3) is 0.900. The van der Waals surface area contributed by atoms with Crippen LogP contribution in [0.15, 0.2) is 0 Å². The monoisotopic (exact) mass is 180 g/mol. The highest BCUT2D eigenvalue weighted by Crippen LogP contribution is 2.33. The van der Waals surface area contributed by atoms with E-state index >= 15 is 0 Å². The molecule has 0 aromatic carbocycles. The van der Waals surface area contributed by atoms with Gasteiger partial charge in [-0.25, -0.2) is 0 Å². The quantitative estimate of drug-likeness (QED) is 0.626. The zero-order valence-corrected chi connectivity index (χ0v) is 7.83. The van der Waals surface area contributed by atoms with Gasteiger partial charge in [0.15, 0.2) is 0 Å². The molecule has 0 aromatic rings. The fourth-order valence-electron chi connectivity index (χ4n) is 2.60.